The first kappa shape index (κ1) is 27.8. The van der Waals surface area contributed by atoms with Gasteiger partial charge in [-0.1, -0.05) is 39.0 Å². The molecule has 1 fully saturated rings. The second-order valence-corrected chi connectivity index (χ2v) is 7.86. The van der Waals surface area contributed by atoms with Gasteiger partial charge in [0.05, 0.1) is 0 Å². The second kappa shape index (κ2) is 14.8. The summed E-state index contributed by atoms with van der Waals surface area (Å²) in [5.74, 6) is -2.22. The molecule has 5 atom stereocenters. The van der Waals surface area contributed by atoms with Gasteiger partial charge in [0.15, 0.2) is 18.5 Å². The lowest BCUT2D eigenvalue weighted by Gasteiger charge is -2.44. The van der Waals surface area contributed by atoms with E-state index in [1.807, 2.05) is 0 Å². The van der Waals surface area contributed by atoms with Gasteiger partial charge < -0.3 is 29.0 Å². The Bertz CT molecular complexity index is 625. The fourth-order valence-electron chi connectivity index (χ4n) is 3.52. The van der Waals surface area contributed by atoms with Crippen molar-refractivity contribution in [3.05, 3.63) is 0 Å². The summed E-state index contributed by atoms with van der Waals surface area (Å²) in [6, 6.07) is -0.922. The van der Waals surface area contributed by atoms with Crippen LogP contribution in [0, 0.1) is 0 Å². The Morgan fingerprint density at radius 2 is 1.41 bits per heavy atom. The molecule has 1 aliphatic rings. The number of carbonyl (C=O) groups excluding carboxylic acids is 4. The Morgan fingerprint density at radius 1 is 0.812 bits per heavy atom. The van der Waals surface area contributed by atoms with Gasteiger partial charge in [-0.3, -0.25) is 19.2 Å². The molecule has 0 spiro atoms. The van der Waals surface area contributed by atoms with Gasteiger partial charge in [0.1, 0.15) is 18.8 Å². The van der Waals surface area contributed by atoms with E-state index in [9.17, 15) is 19.2 Å². The van der Waals surface area contributed by atoms with Gasteiger partial charge in [0, 0.05) is 34.3 Å². The summed E-state index contributed by atoms with van der Waals surface area (Å²) in [5.41, 5.74) is 0. The lowest BCUT2D eigenvalue weighted by molar-refractivity contribution is -0.277. The van der Waals surface area contributed by atoms with Crippen LogP contribution in [0.3, 0.4) is 0 Å². The minimum absolute atomic E-state index is 0.241. The number of nitrogens with one attached hydrogen (secondary N) is 1. The van der Waals surface area contributed by atoms with Gasteiger partial charge in [-0.25, -0.2) is 0 Å². The maximum Gasteiger partial charge on any atom is 0.303 e. The van der Waals surface area contributed by atoms with Crippen molar-refractivity contribution in [2.24, 2.45) is 0 Å². The Hall–Kier alpha value is -2.20. The third-order valence-electron chi connectivity index (χ3n) is 4.85. The number of amides is 1. The number of ether oxygens (including phenoxy) is 5. The average Bonchev–Trinajstić information content (AvgIpc) is 2.68. The summed E-state index contributed by atoms with van der Waals surface area (Å²) in [6.07, 6.45) is 2.23. The Morgan fingerprint density at radius 3 is 1.97 bits per heavy atom. The van der Waals surface area contributed by atoms with Crippen LogP contribution in [0.4, 0.5) is 0 Å². The molecule has 0 aromatic carbocycles. The van der Waals surface area contributed by atoms with Crippen LogP contribution in [0.5, 0.6) is 0 Å². The lowest BCUT2D eigenvalue weighted by atomic mass is 9.96. The van der Waals surface area contributed by atoms with Gasteiger partial charge in [0.2, 0.25) is 5.91 Å². The van der Waals surface area contributed by atoms with E-state index in [0.717, 1.165) is 32.1 Å². The summed E-state index contributed by atoms with van der Waals surface area (Å²) in [4.78, 5) is 46.7. The summed E-state index contributed by atoms with van der Waals surface area (Å²) >= 11 is 0. The normalized spacial score (nSPS) is 25.0. The highest BCUT2D eigenvalue weighted by atomic mass is 16.7. The van der Waals surface area contributed by atoms with Crippen molar-refractivity contribution in [2.45, 2.75) is 104 Å². The number of rotatable bonds is 13. The molecule has 0 aliphatic carbocycles. The van der Waals surface area contributed by atoms with Gasteiger partial charge in [-0.15, -0.1) is 0 Å². The van der Waals surface area contributed by atoms with Crippen LogP contribution >= 0.6 is 0 Å². The predicted octanol–water partition coefficient (Wildman–Crippen LogP) is 2.02. The van der Waals surface area contributed by atoms with E-state index in [0.29, 0.717) is 6.61 Å². The maximum absolute atomic E-state index is 11.9. The highest BCUT2D eigenvalue weighted by Crippen LogP contribution is 2.28. The molecule has 0 aromatic rings. The first-order valence-corrected chi connectivity index (χ1v) is 11.2. The highest BCUT2D eigenvalue weighted by molar-refractivity contribution is 5.73. The summed E-state index contributed by atoms with van der Waals surface area (Å²) in [6.45, 7) is 7.22. The van der Waals surface area contributed by atoms with Crippen molar-refractivity contribution < 1.29 is 42.9 Å². The molecule has 10 nitrogen and oxygen atoms in total. The molecule has 10 heteroatoms. The zero-order chi connectivity index (χ0) is 24.1. The van der Waals surface area contributed by atoms with Crippen LogP contribution in [0.25, 0.3) is 0 Å². The van der Waals surface area contributed by atoms with E-state index in [1.165, 1.54) is 34.1 Å². The summed E-state index contributed by atoms with van der Waals surface area (Å²) in [7, 11) is 0. The zero-order valence-electron chi connectivity index (χ0n) is 19.7. The quantitative estimate of drug-likeness (QED) is 0.250. The second-order valence-electron chi connectivity index (χ2n) is 7.86. The van der Waals surface area contributed by atoms with E-state index < -0.39 is 54.5 Å². The Kier molecular flexibility index (Phi) is 12.9. The molecule has 32 heavy (non-hydrogen) atoms. The fraction of sp³-hybridized carbons (Fsp3) is 0.818. The molecule has 0 unspecified atom stereocenters. The molecule has 0 saturated carbocycles. The van der Waals surface area contributed by atoms with Crippen molar-refractivity contribution >= 4 is 23.8 Å². The number of carbonyl (C=O) groups is 4. The number of hydrogen-bond donors (Lipinski definition) is 1. The van der Waals surface area contributed by atoms with Gasteiger partial charge in [-0.05, 0) is 6.42 Å². The van der Waals surface area contributed by atoms with Crippen molar-refractivity contribution in [1.29, 1.82) is 0 Å². The Balaban J connectivity index is 3.01. The number of hydrogen-bond acceptors (Lipinski definition) is 9. The molecule has 1 saturated heterocycles. The molecule has 1 N–H and O–H groups in total. The molecule has 1 aliphatic heterocycles. The van der Waals surface area contributed by atoms with Crippen molar-refractivity contribution in [3.63, 3.8) is 0 Å². The first-order valence-electron chi connectivity index (χ1n) is 11.2. The van der Waals surface area contributed by atoms with E-state index in [1.54, 1.807) is 0 Å². The third kappa shape index (κ3) is 10.4. The average molecular weight is 460 g/mol. The fourth-order valence-corrected chi connectivity index (χ4v) is 3.52. The molecule has 1 amide bonds. The van der Waals surface area contributed by atoms with Crippen molar-refractivity contribution in [2.75, 3.05) is 13.2 Å². The van der Waals surface area contributed by atoms with Crippen LogP contribution in [-0.4, -0.2) is 67.7 Å². The lowest BCUT2D eigenvalue weighted by Crippen LogP contribution is -2.66. The smallest absolute Gasteiger partial charge is 0.303 e. The van der Waals surface area contributed by atoms with Crippen LogP contribution in [0.2, 0.25) is 0 Å². The van der Waals surface area contributed by atoms with E-state index in [-0.39, 0.29) is 6.61 Å². The van der Waals surface area contributed by atoms with Gasteiger partial charge in [-0.2, -0.15) is 0 Å². The molecule has 0 radical (unpaired) electrons. The minimum atomic E-state index is -1.11. The summed E-state index contributed by atoms with van der Waals surface area (Å²) < 4.78 is 27.7. The topological polar surface area (TPSA) is 126 Å². The molecular weight excluding hydrogens is 422 g/mol. The van der Waals surface area contributed by atoms with Gasteiger partial charge >= 0.3 is 17.9 Å². The predicted molar refractivity (Wildman–Crippen MR) is 113 cm³/mol. The van der Waals surface area contributed by atoms with Crippen molar-refractivity contribution in [3.8, 4) is 0 Å². The molecule has 1 heterocycles. The first-order chi connectivity index (χ1) is 15.1. The van der Waals surface area contributed by atoms with E-state index in [2.05, 4.69) is 12.2 Å². The third-order valence-corrected chi connectivity index (χ3v) is 4.85. The van der Waals surface area contributed by atoms with Crippen LogP contribution in [0.15, 0.2) is 0 Å². The molecule has 0 bridgehead atoms. The van der Waals surface area contributed by atoms with Crippen LogP contribution < -0.4 is 5.32 Å². The van der Waals surface area contributed by atoms with E-state index in [4.69, 9.17) is 23.7 Å². The van der Waals surface area contributed by atoms with E-state index >= 15 is 0 Å². The highest BCUT2D eigenvalue weighted by Gasteiger charge is 2.51. The molecule has 184 valence electrons. The number of esters is 3. The summed E-state index contributed by atoms with van der Waals surface area (Å²) in [5, 5.41) is 2.68. The monoisotopic (exact) mass is 459 g/mol. The van der Waals surface area contributed by atoms with Crippen LogP contribution in [0.1, 0.15) is 73.1 Å². The largest absolute Gasteiger partial charge is 0.463 e. The minimum Gasteiger partial charge on any atom is -0.463 e. The number of unbranched alkanes of at least 4 members (excludes halogenated alkanes) is 5. The maximum atomic E-state index is 11.9. The molecule has 0 aromatic heterocycles. The zero-order valence-corrected chi connectivity index (χ0v) is 19.7. The Labute approximate surface area is 189 Å². The van der Waals surface area contributed by atoms with Crippen LogP contribution in [-0.2, 0) is 42.9 Å². The standard InChI is InChI=1S/C22H37NO9/c1-6-7-8-9-10-11-12-28-22-19(23-14(2)24)21(31-17(5)27)20(30-16(4)26)18(32-22)13-29-15(3)25/h18-22H,6-13H2,1-5H3,(H,23,24)/t18-,19+,20+,21+,22-/m1/s1. The molecular formula is C22H37NO9. The van der Waals surface area contributed by atoms with Crippen molar-refractivity contribution in [1.82, 2.24) is 5.32 Å². The van der Waals surface area contributed by atoms with Gasteiger partial charge in [0.25, 0.3) is 0 Å². The SMILES string of the molecule is CCCCCCCCO[C@@H]1O[C@H](COC(C)=O)[C@H](OC(C)=O)[C@@H](OC(C)=O)[C@@H]1NC(C)=O. The molecule has 1 rings (SSSR count).